The summed E-state index contributed by atoms with van der Waals surface area (Å²) in [6, 6.07) is 9.52. The highest BCUT2D eigenvalue weighted by molar-refractivity contribution is 5.12. The normalized spacial score (nSPS) is 10.2. The van der Waals surface area contributed by atoms with Gasteiger partial charge in [-0.3, -0.25) is 0 Å². The van der Waals surface area contributed by atoms with Gasteiger partial charge in [0, 0.05) is 0 Å². The molecule has 0 aliphatic heterocycles. The van der Waals surface area contributed by atoms with Gasteiger partial charge in [0.2, 0.25) is 5.92 Å². The first-order valence-electron chi connectivity index (χ1n) is 3.96. The minimum atomic E-state index is -2.50. The Bertz CT molecular complexity index is 210. The van der Waals surface area contributed by atoms with Crippen molar-refractivity contribution in [3.8, 4) is 0 Å². The molecule has 1 aromatic rings. The second kappa shape index (κ2) is 5.65. The van der Waals surface area contributed by atoms with Crippen LogP contribution in [0.4, 0.5) is 8.78 Å². The third-order valence-electron chi connectivity index (χ3n) is 1.03. The Hall–Kier alpha value is -0.960. The SMILES string of the molecule is CC(C)(F)F.OCc1ccccc1. The molecular formula is C10H14F2O. The van der Waals surface area contributed by atoms with Crippen LogP contribution in [-0.4, -0.2) is 11.0 Å². The van der Waals surface area contributed by atoms with E-state index >= 15 is 0 Å². The quantitative estimate of drug-likeness (QED) is 0.718. The largest absolute Gasteiger partial charge is 0.392 e. The van der Waals surface area contributed by atoms with Gasteiger partial charge in [0.15, 0.2) is 0 Å². The van der Waals surface area contributed by atoms with Crippen molar-refractivity contribution in [1.29, 1.82) is 0 Å². The summed E-state index contributed by atoms with van der Waals surface area (Å²) < 4.78 is 22.0. The van der Waals surface area contributed by atoms with Gasteiger partial charge in [-0.25, -0.2) is 8.78 Å². The van der Waals surface area contributed by atoms with Gasteiger partial charge in [-0.05, 0) is 19.4 Å². The number of halogens is 2. The van der Waals surface area contributed by atoms with Crippen LogP contribution in [0.1, 0.15) is 19.4 Å². The highest BCUT2D eigenvalue weighted by Crippen LogP contribution is 2.06. The monoisotopic (exact) mass is 188 g/mol. The van der Waals surface area contributed by atoms with Gasteiger partial charge < -0.3 is 5.11 Å². The Labute approximate surface area is 77.0 Å². The van der Waals surface area contributed by atoms with Crippen molar-refractivity contribution in [2.75, 3.05) is 0 Å². The first-order chi connectivity index (χ1) is 5.93. The summed E-state index contributed by atoms with van der Waals surface area (Å²) in [5.41, 5.74) is 0.965. The maximum atomic E-state index is 11.0. The molecule has 1 rings (SSSR count). The topological polar surface area (TPSA) is 20.2 Å². The van der Waals surface area contributed by atoms with Crippen LogP contribution in [0.2, 0.25) is 0 Å². The molecule has 0 saturated carbocycles. The van der Waals surface area contributed by atoms with Crippen LogP contribution in [0.3, 0.4) is 0 Å². The molecule has 0 saturated heterocycles. The van der Waals surface area contributed by atoms with E-state index in [1.807, 2.05) is 30.3 Å². The summed E-state index contributed by atoms with van der Waals surface area (Å²) in [5.74, 6) is -2.50. The molecule has 0 atom stereocenters. The number of aliphatic hydroxyl groups is 1. The molecule has 1 N–H and O–H groups in total. The standard InChI is InChI=1S/C7H8O.C3H6F2/c8-6-7-4-2-1-3-5-7;1-3(2,4)5/h1-5,8H,6H2;1-2H3. The van der Waals surface area contributed by atoms with Gasteiger partial charge in [-0.1, -0.05) is 30.3 Å². The molecule has 0 bridgehead atoms. The maximum absolute atomic E-state index is 11.0. The third kappa shape index (κ3) is 11.0. The van der Waals surface area contributed by atoms with Crippen molar-refractivity contribution in [2.24, 2.45) is 0 Å². The lowest BCUT2D eigenvalue weighted by molar-refractivity contribution is 0.0437. The van der Waals surface area contributed by atoms with E-state index < -0.39 is 5.92 Å². The summed E-state index contributed by atoms with van der Waals surface area (Å²) in [6.45, 7) is 1.85. The van der Waals surface area contributed by atoms with Gasteiger partial charge in [0.25, 0.3) is 0 Å². The van der Waals surface area contributed by atoms with E-state index in [4.69, 9.17) is 5.11 Å². The number of alkyl halides is 2. The fourth-order valence-corrected chi connectivity index (χ4v) is 0.583. The molecule has 0 heterocycles. The maximum Gasteiger partial charge on any atom is 0.242 e. The molecule has 1 aromatic carbocycles. The Morgan fingerprint density at radius 3 is 1.77 bits per heavy atom. The van der Waals surface area contributed by atoms with Gasteiger partial charge in [0.1, 0.15) is 0 Å². The molecular weight excluding hydrogens is 174 g/mol. The van der Waals surface area contributed by atoms with E-state index in [2.05, 4.69) is 0 Å². The summed E-state index contributed by atoms with van der Waals surface area (Å²) in [6.07, 6.45) is 0. The Kier molecular flexibility index (Phi) is 5.23. The third-order valence-corrected chi connectivity index (χ3v) is 1.03. The van der Waals surface area contributed by atoms with Crippen LogP contribution in [0.5, 0.6) is 0 Å². The number of hydrogen-bond acceptors (Lipinski definition) is 1. The minimum absolute atomic E-state index is 0.140. The van der Waals surface area contributed by atoms with E-state index in [1.54, 1.807) is 0 Å². The number of rotatable bonds is 1. The number of hydrogen-bond donors (Lipinski definition) is 1. The molecule has 0 fully saturated rings. The average Bonchev–Trinajstić information content (AvgIpc) is 2.03. The molecule has 0 unspecified atom stereocenters. The molecule has 0 aliphatic carbocycles. The summed E-state index contributed by atoms with van der Waals surface area (Å²) in [7, 11) is 0. The van der Waals surface area contributed by atoms with Crippen LogP contribution in [0.25, 0.3) is 0 Å². The second-order valence-electron chi connectivity index (χ2n) is 2.97. The molecule has 13 heavy (non-hydrogen) atoms. The molecule has 0 amide bonds. The van der Waals surface area contributed by atoms with Crippen LogP contribution < -0.4 is 0 Å². The zero-order chi connectivity index (χ0) is 10.3. The van der Waals surface area contributed by atoms with Crippen molar-refractivity contribution >= 4 is 0 Å². The van der Waals surface area contributed by atoms with Gasteiger partial charge in [0.05, 0.1) is 6.61 Å². The van der Waals surface area contributed by atoms with Crippen molar-refractivity contribution in [3.63, 3.8) is 0 Å². The molecule has 0 aliphatic rings. The summed E-state index contributed by atoms with van der Waals surface area (Å²) in [5, 5.41) is 8.54. The van der Waals surface area contributed by atoms with E-state index in [0.29, 0.717) is 0 Å². The Morgan fingerprint density at radius 1 is 1.15 bits per heavy atom. The van der Waals surface area contributed by atoms with E-state index in [-0.39, 0.29) is 6.61 Å². The lowest BCUT2D eigenvalue weighted by atomic mass is 10.2. The smallest absolute Gasteiger partial charge is 0.242 e. The van der Waals surface area contributed by atoms with E-state index in [0.717, 1.165) is 19.4 Å². The van der Waals surface area contributed by atoms with Crippen molar-refractivity contribution in [2.45, 2.75) is 26.4 Å². The first-order valence-corrected chi connectivity index (χ1v) is 3.96. The molecule has 3 heteroatoms. The Balaban J connectivity index is 0.000000252. The van der Waals surface area contributed by atoms with Crippen molar-refractivity contribution < 1.29 is 13.9 Å². The second-order valence-corrected chi connectivity index (χ2v) is 2.97. The number of aliphatic hydroxyl groups excluding tert-OH is 1. The van der Waals surface area contributed by atoms with Gasteiger partial charge in [-0.2, -0.15) is 0 Å². The van der Waals surface area contributed by atoms with Crippen LogP contribution in [-0.2, 0) is 6.61 Å². The van der Waals surface area contributed by atoms with E-state index in [9.17, 15) is 8.78 Å². The predicted octanol–water partition coefficient (Wildman–Crippen LogP) is 2.84. The zero-order valence-electron chi connectivity index (χ0n) is 7.80. The molecule has 1 nitrogen and oxygen atoms in total. The van der Waals surface area contributed by atoms with Crippen molar-refractivity contribution in [1.82, 2.24) is 0 Å². The van der Waals surface area contributed by atoms with Crippen LogP contribution in [0.15, 0.2) is 30.3 Å². The van der Waals surface area contributed by atoms with Crippen molar-refractivity contribution in [3.05, 3.63) is 35.9 Å². The lowest BCUT2D eigenvalue weighted by Gasteiger charge is -1.94. The predicted molar refractivity (Wildman–Crippen MR) is 48.7 cm³/mol. The fourth-order valence-electron chi connectivity index (χ4n) is 0.583. The van der Waals surface area contributed by atoms with Gasteiger partial charge >= 0.3 is 0 Å². The molecule has 74 valence electrons. The molecule has 0 spiro atoms. The molecule has 0 aromatic heterocycles. The highest BCUT2D eigenvalue weighted by Gasteiger charge is 2.08. The van der Waals surface area contributed by atoms with Crippen LogP contribution in [0, 0.1) is 0 Å². The first kappa shape index (κ1) is 12.0. The van der Waals surface area contributed by atoms with E-state index in [1.165, 1.54) is 0 Å². The zero-order valence-corrected chi connectivity index (χ0v) is 7.80. The summed E-state index contributed by atoms with van der Waals surface area (Å²) in [4.78, 5) is 0. The molecule has 0 radical (unpaired) electrons. The minimum Gasteiger partial charge on any atom is -0.392 e. The highest BCUT2D eigenvalue weighted by atomic mass is 19.3. The lowest BCUT2D eigenvalue weighted by Crippen LogP contribution is -1.98. The average molecular weight is 188 g/mol. The Morgan fingerprint density at radius 2 is 1.54 bits per heavy atom. The van der Waals surface area contributed by atoms with Crippen LogP contribution >= 0.6 is 0 Å². The number of benzene rings is 1. The fraction of sp³-hybridized carbons (Fsp3) is 0.400. The summed E-state index contributed by atoms with van der Waals surface area (Å²) >= 11 is 0. The van der Waals surface area contributed by atoms with Gasteiger partial charge in [-0.15, -0.1) is 0 Å².